The smallest absolute Gasteiger partial charge is 0.204 e. The van der Waals surface area contributed by atoms with E-state index >= 15 is 0 Å². The fourth-order valence-corrected chi connectivity index (χ4v) is 0.936. The first kappa shape index (κ1) is 5.53. The van der Waals surface area contributed by atoms with Gasteiger partial charge in [-0.1, -0.05) is 0 Å². The summed E-state index contributed by atoms with van der Waals surface area (Å²) in [5.74, 6) is 0.948. The van der Waals surface area contributed by atoms with Gasteiger partial charge in [-0.25, -0.2) is 4.98 Å². The molecule has 1 atom stereocenters. The lowest BCUT2D eigenvalue weighted by molar-refractivity contribution is 0.258. The molecule has 0 aromatic carbocycles. The molecule has 0 radical (unpaired) electrons. The van der Waals surface area contributed by atoms with Crippen LogP contribution in [0, 0.1) is 0 Å². The summed E-state index contributed by atoms with van der Waals surface area (Å²) in [6, 6.07) is 0. The van der Waals surface area contributed by atoms with Crippen molar-refractivity contribution >= 4 is 0 Å². The summed E-state index contributed by atoms with van der Waals surface area (Å²) >= 11 is 0. The minimum atomic E-state index is 0.218. The van der Waals surface area contributed by atoms with Gasteiger partial charge in [0.1, 0.15) is 12.9 Å². The van der Waals surface area contributed by atoms with Crippen molar-refractivity contribution in [1.29, 1.82) is 0 Å². The maximum atomic E-state index is 5.08. The Kier molecular flexibility index (Phi) is 1.20. The van der Waals surface area contributed by atoms with Gasteiger partial charge in [0.25, 0.3) is 0 Å². The Hall–Kier alpha value is -1.25. The normalized spacial score (nSPS) is 23.0. The monoisotopic (exact) mass is 137 g/mol. The molecule has 0 saturated heterocycles. The molecule has 52 valence electrons. The van der Waals surface area contributed by atoms with Gasteiger partial charge in [-0.05, 0) is 6.08 Å². The highest BCUT2D eigenvalue weighted by atomic mass is 16.5. The molecular formula is C7H7NO2. The molecule has 1 aliphatic rings. The van der Waals surface area contributed by atoms with Crippen LogP contribution in [0.4, 0.5) is 0 Å². The number of oxazole rings is 1. The van der Waals surface area contributed by atoms with Crippen LogP contribution in [0.3, 0.4) is 0 Å². The molecule has 10 heavy (non-hydrogen) atoms. The van der Waals surface area contributed by atoms with Gasteiger partial charge in [-0.2, -0.15) is 0 Å². The molecule has 0 N–H and O–H groups in total. The lowest BCUT2D eigenvalue weighted by Gasteiger charge is -1.97. The molecule has 0 amide bonds. The zero-order valence-corrected chi connectivity index (χ0v) is 5.36. The van der Waals surface area contributed by atoms with E-state index in [-0.39, 0.29) is 5.92 Å². The highest BCUT2D eigenvalue weighted by molar-refractivity contribution is 5.06. The van der Waals surface area contributed by atoms with Crippen LogP contribution >= 0.6 is 0 Å². The zero-order chi connectivity index (χ0) is 6.81. The second kappa shape index (κ2) is 2.17. The first-order chi connectivity index (χ1) is 4.97. The SMILES string of the molecule is C1=CC(c2ncco2)CO1. The molecule has 2 heterocycles. The number of nitrogens with zero attached hydrogens (tertiary/aromatic N) is 1. The minimum Gasteiger partial charge on any atom is -0.500 e. The summed E-state index contributed by atoms with van der Waals surface area (Å²) in [6.45, 7) is 0.653. The van der Waals surface area contributed by atoms with E-state index in [9.17, 15) is 0 Å². The quantitative estimate of drug-likeness (QED) is 0.585. The zero-order valence-electron chi connectivity index (χ0n) is 5.36. The predicted octanol–water partition coefficient (Wildman–Crippen LogP) is 1.30. The molecule has 0 bridgehead atoms. The Bertz CT molecular complexity index is 228. The summed E-state index contributed by atoms with van der Waals surface area (Å²) in [6.07, 6.45) is 6.82. The van der Waals surface area contributed by atoms with Gasteiger partial charge in [0.2, 0.25) is 5.89 Å². The summed E-state index contributed by atoms with van der Waals surface area (Å²) in [5.41, 5.74) is 0. The third-order valence-corrected chi connectivity index (χ3v) is 1.45. The average Bonchev–Trinajstić information content (AvgIpc) is 2.59. The highest BCUT2D eigenvalue weighted by Gasteiger charge is 2.16. The predicted molar refractivity (Wildman–Crippen MR) is 34.3 cm³/mol. The summed E-state index contributed by atoms with van der Waals surface area (Å²) < 4.78 is 10.1. The Morgan fingerprint density at radius 2 is 2.60 bits per heavy atom. The van der Waals surface area contributed by atoms with Gasteiger partial charge in [0.15, 0.2) is 0 Å². The van der Waals surface area contributed by atoms with Crippen LogP contribution < -0.4 is 0 Å². The fourth-order valence-electron chi connectivity index (χ4n) is 0.936. The maximum absolute atomic E-state index is 5.08. The molecule has 1 aliphatic heterocycles. The number of ether oxygens (including phenoxy) is 1. The van der Waals surface area contributed by atoms with Crippen LogP contribution in [0.25, 0.3) is 0 Å². The fraction of sp³-hybridized carbons (Fsp3) is 0.286. The van der Waals surface area contributed by atoms with Crippen LogP contribution in [-0.4, -0.2) is 11.6 Å². The van der Waals surface area contributed by atoms with Crippen molar-refractivity contribution in [2.75, 3.05) is 6.61 Å². The van der Waals surface area contributed by atoms with Gasteiger partial charge in [0, 0.05) is 0 Å². The number of hydrogen-bond acceptors (Lipinski definition) is 3. The van der Waals surface area contributed by atoms with Gasteiger partial charge < -0.3 is 9.15 Å². The second-order valence-corrected chi connectivity index (χ2v) is 2.14. The lowest BCUT2D eigenvalue weighted by atomic mass is 10.2. The molecule has 2 rings (SSSR count). The van der Waals surface area contributed by atoms with Gasteiger partial charge >= 0.3 is 0 Å². The molecule has 1 aromatic rings. The lowest BCUT2D eigenvalue weighted by Crippen LogP contribution is -1.96. The summed E-state index contributed by atoms with van der Waals surface area (Å²) in [5, 5.41) is 0. The van der Waals surface area contributed by atoms with Crippen molar-refractivity contribution in [3.63, 3.8) is 0 Å². The highest BCUT2D eigenvalue weighted by Crippen LogP contribution is 2.19. The third-order valence-electron chi connectivity index (χ3n) is 1.45. The van der Waals surface area contributed by atoms with Crippen molar-refractivity contribution < 1.29 is 9.15 Å². The number of rotatable bonds is 1. The second-order valence-electron chi connectivity index (χ2n) is 2.14. The third kappa shape index (κ3) is 0.795. The first-order valence-corrected chi connectivity index (χ1v) is 3.14. The van der Waals surface area contributed by atoms with Crippen molar-refractivity contribution in [1.82, 2.24) is 4.98 Å². The van der Waals surface area contributed by atoms with Crippen molar-refractivity contribution in [3.05, 3.63) is 30.7 Å². The summed E-state index contributed by atoms with van der Waals surface area (Å²) in [7, 11) is 0. The van der Waals surface area contributed by atoms with E-state index in [4.69, 9.17) is 9.15 Å². The van der Waals surface area contributed by atoms with E-state index < -0.39 is 0 Å². The largest absolute Gasteiger partial charge is 0.500 e. The molecular weight excluding hydrogens is 130 g/mol. The molecule has 3 heteroatoms. The van der Waals surface area contributed by atoms with E-state index in [0.29, 0.717) is 6.61 Å². The average molecular weight is 137 g/mol. The van der Waals surface area contributed by atoms with Crippen LogP contribution in [0.1, 0.15) is 11.8 Å². The Morgan fingerprint density at radius 3 is 3.20 bits per heavy atom. The molecule has 0 aliphatic carbocycles. The molecule has 0 saturated carbocycles. The van der Waals surface area contributed by atoms with E-state index in [1.54, 1.807) is 18.7 Å². The first-order valence-electron chi connectivity index (χ1n) is 3.14. The van der Waals surface area contributed by atoms with E-state index in [0.717, 1.165) is 5.89 Å². The molecule has 1 unspecified atom stereocenters. The molecule has 3 nitrogen and oxygen atoms in total. The van der Waals surface area contributed by atoms with E-state index in [2.05, 4.69) is 4.98 Å². The Balaban J connectivity index is 2.20. The molecule has 0 fully saturated rings. The van der Waals surface area contributed by atoms with E-state index in [1.165, 1.54) is 0 Å². The van der Waals surface area contributed by atoms with Crippen LogP contribution in [0.5, 0.6) is 0 Å². The van der Waals surface area contributed by atoms with Crippen molar-refractivity contribution in [3.8, 4) is 0 Å². The van der Waals surface area contributed by atoms with E-state index in [1.807, 2.05) is 6.08 Å². The number of hydrogen-bond donors (Lipinski definition) is 0. The van der Waals surface area contributed by atoms with Crippen molar-refractivity contribution in [2.24, 2.45) is 0 Å². The standard InChI is InChI=1S/C7H7NO2/c1-3-9-5-6(1)7-8-2-4-10-7/h1-4,6H,5H2. The van der Waals surface area contributed by atoms with Crippen LogP contribution in [0.15, 0.2) is 29.2 Å². The topological polar surface area (TPSA) is 35.3 Å². The van der Waals surface area contributed by atoms with Crippen molar-refractivity contribution in [2.45, 2.75) is 5.92 Å². The van der Waals surface area contributed by atoms with Gasteiger partial charge in [-0.3, -0.25) is 0 Å². The Labute approximate surface area is 58.3 Å². The molecule has 0 spiro atoms. The molecule has 1 aromatic heterocycles. The Morgan fingerprint density at radius 1 is 1.60 bits per heavy atom. The van der Waals surface area contributed by atoms with Crippen LogP contribution in [0.2, 0.25) is 0 Å². The van der Waals surface area contributed by atoms with Gasteiger partial charge in [0.05, 0.1) is 18.4 Å². The van der Waals surface area contributed by atoms with Gasteiger partial charge in [-0.15, -0.1) is 0 Å². The number of aromatic nitrogens is 1. The maximum Gasteiger partial charge on any atom is 0.204 e. The van der Waals surface area contributed by atoms with Crippen LogP contribution in [-0.2, 0) is 4.74 Å². The minimum absolute atomic E-state index is 0.218. The summed E-state index contributed by atoms with van der Waals surface area (Å²) in [4.78, 5) is 4.00.